The Morgan fingerprint density at radius 3 is 2.17 bits per heavy atom. The lowest BCUT2D eigenvalue weighted by atomic mass is 9.85. The number of aryl methyl sites for hydroxylation is 1. The van der Waals surface area contributed by atoms with Gasteiger partial charge >= 0.3 is 0 Å². The van der Waals surface area contributed by atoms with E-state index in [0.29, 0.717) is 22.8 Å². The standard InChI is InChI=1S/C20H24O4/c1-13-8-7-9-15(20(2,3)4)18(13)24-17-11-14(12-21)10-16(22-5)19(17)23-6/h7-12H,1-6H3. The Balaban J connectivity index is 2.62. The number of carbonyl (C=O) groups is 1. The van der Waals surface area contributed by atoms with Crippen LogP contribution in [0, 0.1) is 6.92 Å². The van der Waals surface area contributed by atoms with Crippen LogP contribution in [0.3, 0.4) is 0 Å². The van der Waals surface area contributed by atoms with Gasteiger partial charge in [0.25, 0.3) is 0 Å². The summed E-state index contributed by atoms with van der Waals surface area (Å²) in [7, 11) is 3.08. The van der Waals surface area contributed by atoms with E-state index >= 15 is 0 Å². The van der Waals surface area contributed by atoms with Crippen LogP contribution in [0.2, 0.25) is 0 Å². The second-order valence-electron chi connectivity index (χ2n) is 6.68. The lowest BCUT2D eigenvalue weighted by molar-refractivity contribution is 0.112. The van der Waals surface area contributed by atoms with Crippen LogP contribution in [0.15, 0.2) is 30.3 Å². The van der Waals surface area contributed by atoms with E-state index in [4.69, 9.17) is 14.2 Å². The van der Waals surface area contributed by atoms with Crippen molar-refractivity contribution in [2.75, 3.05) is 14.2 Å². The van der Waals surface area contributed by atoms with Gasteiger partial charge in [0.05, 0.1) is 14.2 Å². The van der Waals surface area contributed by atoms with E-state index in [2.05, 4.69) is 26.8 Å². The van der Waals surface area contributed by atoms with Gasteiger partial charge in [-0.1, -0.05) is 39.0 Å². The van der Waals surface area contributed by atoms with Crippen molar-refractivity contribution < 1.29 is 19.0 Å². The van der Waals surface area contributed by atoms with Gasteiger partial charge in [0.1, 0.15) is 12.0 Å². The molecule has 24 heavy (non-hydrogen) atoms. The Labute approximate surface area is 143 Å². The number of para-hydroxylation sites is 1. The van der Waals surface area contributed by atoms with Gasteiger partial charge in [-0.3, -0.25) is 4.79 Å². The van der Waals surface area contributed by atoms with Crippen molar-refractivity contribution in [2.45, 2.75) is 33.1 Å². The number of aldehydes is 1. The molecule has 128 valence electrons. The number of methoxy groups -OCH3 is 2. The van der Waals surface area contributed by atoms with Crippen molar-refractivity contribution in [2.24, 2.45) is 0 Å². The van der Waals surface area contributed by atoms with Crippen molar-refractivity contribution in [3.05, 3.63) is 47.0 Å². The van der Waals surface area contributed by atoms with Crippen LogP contribution in [0.1, 0.15) is 42.3 Å². The molecule has 0 atom stereocenters. The van der Waals surface area contributed by atoms with Crippen LogP contribution in [-0.2, 0) is 5.41 Å². The van der Waals surface area contributed by atoms with Crippen LogP contribution >= 0.6 is 0 Å². The summed E-state index contributed by atoms with van der Waals surface area (Å²) >= 11 is 0. The summed E-state index contributed by atoms with van der Waals surface area (Å²) in [6.45, 7) is 8.40. The first-order valence-electron chi connectivity index (χ1n) is 7.81. The predicted molar refractivity (Wildman–Crippen MR) is 94.9 cm³/mol. The normalized spacial score (nSPS) is 11.1. The fourth-order valence-electron chi connectivity index (χ4n) is 2.58. The highest BCUT2D eigenvalue weighted by atomic mass is 16.5. The summed E-state index contributed by atoms with van der Waals surface area (Å²) in [4.78, 5) is 11.2. The van der Waals surface area contributed by atoms with Crippen molar-refractivity contribution in [1.29, 1.82) is 0 Å². The van der Waals surface area contributed by atoms with Crippen LogP contribution < -0.4 is 14.2 Å². The largest absolute Gasteiger partial charge is 0.493 e. The zero-order valence-corrected chi connectivity index (χ0v) is 15.1. The quantitative estimate of drug-likeness (QED) is 0.731. The first-order chi connectivity index (χ1) is 11.3. The van der Waals surface area contributed by atoms with Crippen LogP contribution in [0.25, 0.3) is 0 Å². The topological polar surface area (TPSA) is 44.8 Å². The Morgan fingerprint density at radius 1 is 0.958 bits per heavy atom. The molecule has 0 fully saturated rings. The number of hydrogen-bond donors (Lipinski definition) is 0. The lowest BCUT2D eigenvalue weighted by Gasteiger charge is -2.25. The van der Waals surface area contributed by atoms with Gasteiger partial charge in [-0.25, -0.2) is 0 Å². The number of ether oxygens (including phenoxy) is 3. The van der Waals surface area contributed by atoms with E-state index in [0.717, 1.165) is 23.2 Å². The molecule has 0 radical (unpaired) electrons. The molecule has 0 amide bonds. The molecule has 0 saturated heterocycles. The average Bonchev–Trinajstić information content (AvgIpc) is 2.54. The summed E-state index contributed by atoms with van der Waals surface area (Å²) in [5.74, 6) is 2.15. The molecule has 0 N–H and O–H groups in total. The van der Waals surface area contributed by atoms with Crippen molar-refractivity contribution >= 4 is 6.29 Å². The van der Waals surface area contributed by atoms with E-state index in [1.807, 2.05) is 19.1 Å². The summed E-state index contributed by atoms with van der Waals surface area (Å²) in [5.41, 5.74) is 2.48. The van der Waals surface area contributed by atoms with Gasteiger partial charge in [0.15, 0.2) is 11.5 Å². The van der Waals surface area contributed by atoms with Gasteiger partial charge in [-0.05, 0) is 30.0 Å². The molecule has 0 bridgehead atoms. The van der Waals surface area contributed by atoms with Gasteiger partial charge in [0, 0.05) is 11.1 Å². The Kier molecular flexibility index (Phi) is 5.17. The molecule has 0 saturated carbocycles. The van der Waals surface area contributed by atoms with Gasteiger partial charge in [0.2, 0.25) is 5.75 Å². The SMILES string of the molecule is COc1cc(C=O)cc(Oc2c(C)cccc2C(C)(C)C)c1OC. The predicted octanol–water partition coefficient (Wildman–Crippen LogP) is 4.91. The average molecular weight is 328 g/mol. The van der Waals surface area contributed by atoms with Crippen molar-refractivity contribution in [1.82, 2.24) is 0 Å². The van der Waals surface area contributed by atoms with E-state index in [1.54, 1.807) is 19.2 Å². The summed E-state index contributed by atoms with van der Waals surface area (Å²) in [6.07, 6.45) is 0.761. The second-order valence-corrected chi connectivity index (χ2v) is 6.68. The fraction of sp³-hybridized carbons (Fsp3) is 0.350. The molecule has 0 spiro atoms. The minimum Gasteiger partial charge on any atom is -0.493 e. The first kappa shape index (κ1) is 17.9. The Morgan fingerprint density at radius 2 is 1.62 bits per heavy atom. The van der Waals surface area contributed by atoms with Gasteiger partial charge < -0.3 is 14.2 Å². The van der Waals surface area contributed by atoms with E-state index in [1.165, 1.54) is 7.11 Å². The van der Waals surface area contributed by atoms with E-state index in [9.17, 15) is 4.79 Å². The fourth-order valence-corrected chi connectivity index (χ4v) is 2.58. The monoisotopic (exact) mass is 328 g/mol. The zero-order chi connectivity index (χ0) is 17.9. The van der Waals surface area contributed by atoms with Crippen molar-refractivity contribution in [3.63, 3.8) is 0 Å². The second kappa shape index (κ2) is 6.95. The third kappa shape index (κ3) is 3.53. The molecule has 0 aromatic heterocycles. The van der Waals surface area contributed by atoms with Crippen molar-refractivity contribution in [3.8, 4) is 23.0 Å². The molecule has 0 aliphatic heterocycles. The smallest absolute Gasteiger partial charge is 0.203 e. The summed E-state index contributed by atoms with van der Waals surface area (Å²) < 4.78 is 17.0. The number of carbonyl (C=O) groups excluding carboxylic acids is 1. The molecule has 4 heteroatoms. The van der Waals surface area contributed by atoms with Crippen LogP contribution in [-0.4, -0.2) is 20.5 Å². The summed E-state index contributed by atoms with van der Waals surface area (Å²) in [5, 5.41) is 0. The number of hydrogen-bond acceptors (Lipinski definition) is 4. The molecule has 2 rings (SSSR count). The minimum absolute atomic E-state index is 0.0824. The molecular formula is C20H24O4. The Hall–Kier alpha value is -2.49. The van der Waals surface area contributed by atoms with Crippen LogP contribution in [0.4, 0.5) is 0 Å². The molecule has 4 nitrogen and oxygen atoms in total. The maximum atomic E-state index is 11.2. The maximum absolute atomic E-state index is 11.2. The Bertz CT molecular complexity index is 742. The molecule has 2 aromatic rings. The molecule has 2 aromatic carbocycles. The molecular weight excluding hydrogens is 304 g/mol. The first-order valence-corrected chi connectivity index (χ1v) is 7.81. The number of benzene rings is 2. The van der Waals surface area contributed by atoms with Gasteiger partial charge in [-0.15, -0.1) is 0 Å². The molecule has 0 aliphatic rings. The summed E-state index contributed by atoms with van der Waals surface area (Å²) in [6, 6.07) is 9.35. The molecule has 0 aliphatic carbocycles. The minimum atomic E-state index is -0.0824. The lowest BCUT2D eigenvalue weighted by Crippen LogP contribution is -2.13. The number of rotatable bonds is 5. The van der Waals surface area contributed by atoms with Crippen LogP contribution in [0.5, 0.6) is 23.0 Å². The molecule has 0 heterocycles. The highest BCUT2D eigenvalue weighted by Crippen LogP contribution is 2.43. The highest BCUT2D eigenvalue weighted by Gasteiger charge is 2.22. The highest BCUT2D eigenvalue weighted by molar-refractivity contribution is 5.78. The zero-order valence-electron chi connectivity index (χ0n) is 15.1. The van der Waals surface area contributed by atoms with E-state index in [-0.39, 0.29) is 5.41 Å². The van der Waals surface area contributed by atoms with Gasteiger partial charge in [-0.2, -0.15) is 0 Å². The van der Waals surface area contributed by atoms with E-state index < -0.39 is 0 Å². The maximum Gasteiger partial charge on any atom is 0.203 e. The third-order valence-electron chi connectivity index (χ3n) is 3.84. The third-order valence-corrected chi connectivity index (χ3v) is 3.84. The molecule has 0 unspecified atom stereocenters.